The van der Waals surface area contributed by atoms with Crippen molar-refractivity contribution < 1.29 is 29.0 Å². The Balaban J connectivity index is 1.53. The van der Waals surface area contributed by atoms with Crippen molar-refractivity contribution in [3.05, 3.63) is 41.0 Å². The largest absolute Gasteiger partial charge is 0.444 e. The summed E-state index contributed by atoms with van der Waals surface area (Å²) in [5.41, 5.74) is 3.60. The highest BCUT2D eigenvalue weighted by Gasteiger charge is 2.44. The average molecular weight is 686 g/mol. The van der Waals surface area contributed by atoms with Gasteiger partial charge in [0.2, 0.25) is 17.7 Å². The number of likely N-dealkylation sites (tertiary alicyclic amines) is 1. The first kappa shape index (κ1) is 38.9. The van der Waals surface area contributed by atoms with Crippen LogP contribution in [-0.2, 0) is 19.1 Å². The molecule has 1 aromatic heterocycles. The molecule has 4 atom stereocenters. The zero-order valence-electron chi connectivity index (χ0n) is 30.1. The van der Waals surface area contributed by atoms with Crippen molar-refractivity contribution in [2.24, 2.45) is 5.41 Å². The number of amides is 4. The molecular weight excluding hydrogens is 630 g/mol. The maximum atomic E-state index is 13.9. The number of carbonyl (C=O) groups is 4. The molecule has 1 fully saturated rings. The number of carbonyl (C=O) groups excluding carboxylic acids is 4. The average Bonchev–Trinajstić information content (AvgIpc) is 3.61. The lowest BCUT2D eigenvalue weighted by Crippen LogP contribution is -2.57. The van der Waals surface area contributed by atoms with E-state index in [1.807, 2.05) is 85.2 Å². The number of aromatic nitrogens is 1. The van der Waals surface area contributed by atoms with Crippen molar-refractivity contribution >= 4 is 35.2 Å². The molecule has 1 aliphatic heterocycles. The van der Waals surface area contributed by atoms with Gasteiger partial charge >= 0.3 is 6.09 Å². The molecule has 0 bridgehead atoms. The van der Waals surface area contributed by atoms with E-state index in [0.29, 0.717) is 13.0 Å². The molecule has 0 unspecified atom stereocenters. The van der Waals surface area contributed by atoms with Crippen LogP contribution in [0, 0.1) is 12.3 Å². The Morgan fingerprint density at radius 3 is 2.27 bits per heavy atom. The molecule has 1 saturated heterocycles. The van der Waals surface area contributed by atoms with Crippen LogP contribution in [0.2, 0.25) is 0 Å². The van der Waals surface area contributed by atoms with Gasteiger partial charge in [-0.05, 0) is 64.0 Å². The number of thiazole rings is 1. The first-order chi connectivity index (χ1) is 22.4. The van der Waals surface area contributed by atoms with E-state index in [1.54, 1.807) is 23.3 Å². The predicted octanol–water partition coefficient (Wildman–Crippen LogP) is 5.61. The summed E-state index contributed by atoms with van der Waals surface area (Å²) in [6, 6.07) is 5.92. The van der Waals surface area contributed by atoms with Crippen molar-refractivity contribution in [1.29, 1.82) is 0 Å². The van der Waals surface area contributed by atoms with E-state index in [1.165, 1.54) is 4.90 Å². The Morgan fingerprint density at radius 1 is 1.04 bits per heavy atom. The van der Waals surface area contributed by atoms with Gasteiger partial charge < -0.3 is 30.3 Å². The third kappa shape index (κ3) is 11.3. The van der Waals surface area contributed by atoms with Gasteiger partial charge in [-0.1, -0.05) is 57.9 Å². The summed E-state index contributed by atoms with van der Waals surface area (Å²) in [7, 11) is 1.71. The fraction of sp³-hybridized carbons (Fsp3) is 0.639. The normalized spacial score (nSPS) is 17.8. The highest BCUT2D eigenvalue weighted by atomic mass is 32.1. The van der Waals surface area contributed by atoms with Crippen molar-refractivity contribution in [2.45, 2.75) is 124 Å². The Hall–Kier alpha value is -3.51. The molecule has 4 amide bonds. The minimum atomic E-state index is -0.867. The molecule has 0 saturated carbocycles. The molecule has 2 heterocycles. The number of unbranched alkanes of at least 4 members (excludes halogenated alkanes) is 3. The molecule has 0 radical (unpaired) electrons. The predicted molar refractivity (Wildman–Crippen MR) is 188 cm³/mol. The van der Waals surface area contributed by atoms with Gasteiger partial charge in [0, 0.05) is 33.0 Å². The number of hydrogen-bond acceptors (Lipinski definition) is 8. The zero-order valence-corrected chi connectivity index (χ0v) is 30.9. The second-order valence-corrected chi connectivity index (χ2v) is 15.8. The maximum Gasteiger partial charge on any atom is 0.410 e. The summed E-state index contributed by atoms with van der Waals surface area (Å²) in [5, 5.41) is 16.5. The van der Waals surface area contributed by atoms with E-state index < -0.39 is 29.2 Å². The Bertz CT molecular complexity index is 1400. The maximum absolute atomic E-state index is 13.9. The SMILES string of the molecule is Cc1ncsc1-c1ccc([C@H](C)NC(=O)[C@@H]2C[C@@H](O)CN2C(=O)[C@@H](NC(=O)CCCCCCN(C)C(=O)OC(C)(C)C)C(C)(C)C)cc1. The van der Waals surface area contributed by atoms with Crippen molar-refractivity contribution in [3.63, 3.8) is 0 Å². The monoisotopic (exact) mass is 685 g/mol. The van der Waals surface area contributed by atoms with Crippen LogP contribution in [0.3, 0.4) is 0 Å². The lowest BCUT2D eigenvalue weighted by Gasteiger charge is -2.35. The molecule has 12 heteroatoms. The van der Waals surface area contributed by atoms with E-state index in [2.05, 4.69) is 15.6 Å². The highest BCUT2D eigenvalue weighted by molar-refractivity contribution is 7.13. The Kier molecular flexibility index (Phi) is 13.6. The van der Waals surface area contributed by atoms with Crippen LogP contribution in [-0.4, -0.2) is 87.6 Å². The number of ether oxygens (including phenoxy) is 1. The number of hydrogen-bond donors (Lipinski definition) is 3. The van der Waals surface area contributed by atoms with E-state index in [4.69, 9.17) is 4.74 Å². The van der Waals surface area contributed by atoms with Crippen LogP contribution in [0.25, 0.3) is 10.4 Å². The zero-order chi connectivity index (χ0) is 35.8. The number of aryl methyl sites for hydroxylation is 1. The van der Waals surface area contributed by atoms with Gasteiger partial charge in [-0.25, -0.2) is 9.78 Å². The number of rotatable bonds is 13. The summed E-state index contributed by atoms with van der Waals surface area (Å²) in [6.07, 6.45) is 2.27. The summed E-state index contributed by atoms with van der Waals surface area (Å²) in [4.78, 5) is 60.9. The number of nitrogens with one attached hydrogen (secondary N) is 2. The molecule has 1 aliphatic rings. The van der Waals surface area contributed by atoms with Gasteiger partial charge in [-0.15, -0.1) is 11.3 Å². The van der Waals surface area contributed by atoms with Crippen LogP contribution < -0.4 is 10.6 Å². The van der Waals surface area contributed by atoms with Crippen molar-refractivity contribution in [2.75, 3.05) is 20.1 Å². The molecule has 2 aromatic rings. The van der Waals surface area contributed by atoms with Crippen LogP contribution in [0.15, 0.2) is 29.8 Å². The summed E-state index contributed by atoms with van der Waals surface area (Å²) in [6.45, 7) is 15.6. The van der Waals surface area contributed by atoms with Crippen molar-refractivity contribution in [1.82, 2.24) is 25.4 Å². The van der Waals surface area contributed by atoms with Crippen LogP contribution in [0.4, 0.5) is 4.79 Å². The van der Waals surface area contributed by atoms with Gasteiger partial charge in [-0.3, -0.25) is 14.4 Å². The lowest BCUT2D eigenvalue weighted by atomic mass is 9.85. The molecular formula is C36H55N5O6S. The first-order valence-corrected chi connectivity index (χ1v) is 17.8. The van der Waals surface area contributed by atoms with Gasteiger partial charge in [0.1, 0.15) is 17.7 Å². The minimum absolute atomic E-state index is 0.0222. The number of aliphatic hydroxyl groups excluding tert-OH is 1. The Labute approximate surface area is 289 Å². The van der Waals surface area contributed by atoms with E-state index >= 15 is 0 Å². The molecule has 3 rings (SSSR count). The molecule has 11 nitrogen and oxygen atoms in total. The van der Waals surface area contributed by atoms with Crippen LogP contribution >= 0.6 is 11.3 Å². The third-order valence-corrected chi connectivity index (χ3v) is 9.39. The quantitative estimate of drug-likeness (QED) is 0.233. The van der Waals surface area contributed by atoms with Crippen LogP contribution in [0.5, 0.6) is 0 Å². The molecule has 0 spiro atoms. The fourth-order valence-electron chi connectivity index (χ4n) is 5.67. The summed E-state index contributed by atoms with van der Waals surface area (Å²) in [5.74, 6) is -0.957. The topological polar surface area (TPSA) is 141 Å². The molecule has 3 N–H and O–H groups in total. The van der Waals surface area contributed by atoms with E-state index in [-0.39, 0.29) is 49.2 Å². The second kappa shape index (κ2) is 16.7. The number of aliphatic hydroxyl groups is 1. The smallest absolute Gasteiger partial charge is 0.410 e. The van der Waals surface area contributed by atoms with Crippen molar-refractivity contribution in [3.8, 4) is 10.4 Å². The van der Waals surface area contributed by atoms with Gasteiger partial charge in [0.15, 0.2) is 0 Å². The summed E-state index contributed by atoms with van der Waals surface area (Å²) < 4.78 is 5.37. The molecule has 0 aliphatic carbocycles. The molecule has 48 heavy (non-hydrogen) atoms. The van der Waals surface area contributed by atoms with Gasteiger partial charge in [-0.2, -0.15) is 0 Å². The molecule has 1 aromatic carbocycles. The standard InChI is InChI=1S/C36H55N5O6S/c1-23(25-15-17-26(18-16-25)30-24(2)37-22-48-30)38-32(44)28-20-27(42)21-41(28)33(45)31(35(3,4)5)39-29(43)14-12-10-11-13-19-40(9)34(46)47-36(6,7)8/h15-18,22-23,27-28,31,42H,10-14,19-21H2,1-9H3,(H,38,44)(H,39,43)/t23-,27+,28-,31+/m0/s1. The summed E-state index contributed by atoms with van der Waals surface area (Å²) >= 11 is 1.58. The lowest BCUT2D eigenvalue weighted by molar-refractivity contribution is -0.144. The number of benzene rings is 1. The Morgan fingerprint density at radius 2 is 1.69 bits per heavy atom. The fourth-order valence-corrected chi connectivity index (χ4v) is 6.48. The van der Waals surface area contributed by atoms with Gasteiger partial charge in [0.25, 0.3) is 0 Å². The van der Waals surface area contributed by atoms with E-state index in [9.17, 15) is 24.3 Å². The van der Waals surface area contributed by atoms with E-state index in [0.717, 1.165) is 41.0 Å². The van der Waals surface area contributed by atoms with Crippen LogP contribution in [0.1, 0.15) is 104 Å². The number of nitrogens with zero attached hydrogens (tertiary/aromatic N) is 3. The second-order valence-electron chi connectivity index (χ2n) is 14.9. The minimum Gasteiger partial charge on any atom is -0.444 e. The first-order valence-electron chi connectivity index (χ1n) is 16.9. The highest BCUT2D eigenvalue weighted by Crippen LogP contribution is 2.29. The van der Waals surface area contributed by atoms with Gasteiger partial charge in [0.05, 0.1) is 28.2 Å². The number of β-amino-alcohol motifs (C(OH)–C–C–N with tert-alkyl or cyclic N) is 1. The molecule has 266 valence electrons. The third-order valence-electron chi connectivity index (χ3n) is 8.41.